The maximum atomic E-state index is 13.6. The number of phosphoric acid groups is 1. The maximum absolute atomic E-state index is 13.6. The topological polar surface area (TPSA) is 111 Å². The summed E-state index contributed by atoms with van der Waals surface area (Å²) in [6.45, 7) is 7.05. The van der Waals surface area contributed by atoms with Gasteiger partial charge >= 0.3 is 13.8 Å². The van der Waals surface area contributed by atoms with Crippen molar-refractivity contribution in [2.45, 2.75) is 354 Å². The lowest BCUT2D eigenvalue weighted by Crippen LogP contribution is -2.47. The molecule has 0 rings (SSSR count). The van der Waals surface area contributed by atoms with Crippen LogP contribution in [0.4, 0.5) is 0 Å². The Bertz CT molecular complexity index is 1450. The highest BCUT2D eigenvalue weighted by molar-refractivity contribution is 7.47. The average molecular weight is 1130 g/mol. The Morgan fingerprint density at radius 3 is 1.16 bits per heavy atom. The second kappa shape index (κ2) is 59.4. The Hall–Kier alpha value is -1.77. The van der Waals surface area contributed by atoms with Crippen molar-refractivity contribution in [3.63, 3.8) is 0 Å². The summed E-state index contributed by atoms with van der Waals surface area (Å²) in [5.41, 5.74) is 0. The number of nitrogens with one attached hydrogen (secondary N) is 1. The molecule has 0 aliphatic carbocycles. The number of esters is 1. The van der Waals surface area contributed by atoms with E-state index in [0.717, 1.165) is 64.2 Å². The Labute approximate surface area is 491 Å². The fourth-order valence-electron chi connectivity index (χ4n) is 10.3. The number of hydrogen-bond donors (Lipinski definition) is 2. The summed E-state index contributed by atoms with van der Waals surface area (Å²) < 4.78 is 30.8. The molecule has 0 spiro atoms. The van der Waals surface area contributed by atoms with Crippen LogP contribution >= 0.6 is 7.82 Å². The first-order valence-corrected chi connectivity index (χ1v) is 35.8. The van der Waals surface area contributed by atoms with Gasteiger partial charge in [0.25, 0.3) is 0 Å². The number of allylic oxidation sites excluding steroid dienone is 5. The number of likely N-dealkylation sites (N-methyl/N-ethyl adjacent to an activating group) is 1. The summed E-state index contributed by atoms with van der Waals surface area (Å²) in [5.74, 6) is -0.486. The van der Waals surface area contributed by atoms with E-state index >= 15 is 0 Å². The number of unbranched alkanes of at least 4 members (excludes halogenated alkanes) is 43. The van der Waals surface area contributed by atoms with Crippen LogP contribution in [0.25, 0.3) is 0 Å². The van der Waals surface area contributed by atoms with Crippen LogP contribution in [0.1, 0.15) is 342 Å². The molecular formula is C69H134N2O7P+. The molecule has 466 valence electrons. The highest BCUT2D eigenvalue weighted by atomic mass is 31.2. The fraction of sp³-hybridized carbons (Fsp3) is 0.884. The molecule has 3 atom stereocenters. The molecule has 0 radical (unpaired) electrons. The number of phosphoric ester groups is 1. The first kappa shape index (κ1) is 77.2. The molecule has 9 nitrogen and oxygen atoms in total. The average Bonchev–Trinajstić information content (AvgIpc) is 3.41. The molecule has 0 aromatic heterocycles. The van der Waals surface area contributed by atoms with Gasteiger partial charge in [-0.25, -0.2) is 4.57 Å². The lowest BCUT2D eigenvalue weighted by Gasteiger charge is -2.27. The third kappa shape index (κ3) is 60.6. The Morgan fingerprint density at radius 2 is 0.772 bits per heavy atom. The van der Waals surface area contributed by atoms with E-state index in [2.05, 4.69) is 50.4 Å². The van der Waals surface area contributed by atoms with Crippen molar-refractivity contribution in [3.05, 3.63) is 36.5 Å². The lowest BCUT2D eigenvalue weighted by molar-refractivity contribution is -0.870. The molecule has 0 aliphatic rings. The fourth-order valence-corrected chi connectivity index (χ4v) is 11.0. The van der Waals surface area contributed by atoms with Gasteiger partial charge in [-0.1, -0.05) is 302 Å². The number of nitrogens with zero attached hydrogens (tertiary/aromatic N) is 1. The number of amides is 1. The second-order valence-corrected chi connectivity index (χ2v) is 26.2. The van der Waals surface area contributed by atoms with E-state index < -0.39 is 20.0 Å². The van der Waals surface area contributed by atoms with E-state index in [1.54, 1.807) is 0 Å². The van der Waals surface area contributed by atoms with Crippen molar-refractivity contribution in [3.8, 4) is 0 Å². The minimum Gasteiger partial charge on any atom is -0.456 e. The summed E-state index contributed by atoms with van der Waals surface area (Å²) in [6.07, 6.45) is 72.8. The quantitative estimate of drug-likeness (QED) is 0.0205. The van der Waals surface area contributed by atoms with Gasteiger partial charge in [0.2, 0.25) is 5.91 Å². The Kier molecular flexibility index (Phi) is 58.1. The molecule has 0 bridgehead atoms. The van der Waals surface area contributed by atoms with E-state index in [4.69, 9.17) is 13.8 Å². The zero-order chi connectivity index (χ0) is 57.9. The monoisotopic (exact) mass is 1130 g/mol. The summed E-state index contributed by atoms with van der Waals surface area (Å²) >= 11 is 0. The normalized spacial score (nSPS) is 13.8. The van der Waals surface area contributed by atoms with E-state index in [1.165, 1.54) is 244 Å². The van der Waals surface area contributed by atoms with Crippen molar-refractivity contribution in [2.24, 2.45) is 0 Å². The minimum absolute atomic E-state index is 0.0433. The standard InChI is InChI=1S/C69H133N2O7P/c1-7-10-13-16-19-22-25-28-30-32-33-34-35-36-37-39-41-44-47-50-53-56-59-62-69(73)78-67(60-57-54-51-48-45-42-27-24-21-18-15-12-9-3)66(65-77-79(74,75)76-64-63-71(4,5)6)70-68(72)61-58-55-52-49-46-43-40-38-31-29-26-23-20-17-14-11-8-2/h19,22,28,30,57,60,66-67H,7-18,20-21,23-27,29,31-56,58-59,61-65H2,1-6H3,(H-,70,72,74,75)/p+1/b22-19-,30-28-,60-57+. The van der Waals surface area contributed by atoms with E-state index in [0.29, 0.717) is 23.9 Å². The molecule has 0 fully saturated rings. The lowest BCUT2D eigenvalue weighted by atomic mass is 10.0. The maximum Gasteiger partial charge on any atom is 0.472 e. The molecule has 2 N–H and O–H groups in total. The van der Waals surface area contributed by atoms with Gasteiger partial charge in [0.05, 0.1) is 33.8 Å². The van der Waals surface area contributed by atoms with Crippen LogP contribution < -0.4 is 5.32 Å². The van der Waals surface area contributed by atoms with E-state index in [-0.39, 0.29) is 25.1 Å². The third-order valence-corrected chi connectivity index (χ3v) is 16.6. The number of carbonyl (C=O) groups is 2. The van der Waals surface area contributed by atoms with Gasteiger partial charge in [-0.05, 0) is 63.9 Å². The molecule has 0 aromatic rings. The predicted octanol–water partition coefficient (Wildman–Crippen LogP) is 21.5. The molecule has 3 unspecified atom stereocenters. The first-order valence-electron chi connectivity index (χ1n) is 34.3. The smallest absolute Gasteiger partial charge is 0.456 e. The van der Waals surface area contributed by atoms with Gasteiger partial charge in [0.15, 0.2) is 0 Å². The Morgan fingerprint density at radius 1 is 0.443 bits per heavy atom. The molecule has 0 saturated heterocycles. The van der Waals surface area contributed by atoms with Crippen molar-refractivity contribution in [1.82, 2.24) is 5.32 Å². The largest absolute Gasteiger partial charge is 0.472 e. The molecule has 0 heterocycles. The number of carbonyl (C=O) groups excluding carboxylic acids is 2. The summed E-state index contributed by atoms with van der Waals surface area (Å²) in [5, 5.41) is 3.07. The van der Waals surface area contributed by atoms with Crippen LogP contribution in [-0.4, -0.2) is 74.3 Å². The molecule has 1 amide bonds. The Balaban J connectivity index is 5.12. The van der Waals surface area contributed by atoms with Gasteiger partial charge in [-0.15, -0.1) is 0 Å². The second-order valence-electron chi connectivity index (χ2n) is 24.7. The van der Waals surface area contributed by atoms with Crippen LogP contribution in [0, 0.1) is 0 Å². The van der Waals surface area contributed by atoms with E-state index in [1.807, 2.05) is 33.3 Å². The SMILES string of the molecule is CCCCC/C=C\C/C=C\CCCCCCCCCCCCCCCC(=O)OC(/C=C/CCCCCCCCCCCCC)C(COP(=O)(O)OCC[N+](C)(C)C)NC(=O)CCCCCCCCCCCCCCCCCCC. The molecule has 0 aliphatic heterocycles. The van der Waals surface area contributed by atoms with Crippen molar-refractivity contribution < 1.29 is 37.3 Å². The summed E-state index contributed by atoms with van der Waals surface area (Å²) in [6, 6.07) is -0.844. The van der Waals surface area contributed by atoms with Gasteiger partial charge in [-0.3, -0.25) is 18.6 Å². The first-order chi connectivity index (χ1) is 38.4. The molecule has 10 heteroatoms. The van der Waals surface area contributed by atoms with Gasteiger partial charge in [0.1, 0.15) is 19.3 Å². The van der Waals surface area contributed by atoms with Crippen LogP contribution in [0.15, 0.2) is 36.5 Å². The van der Waals surface area contributed by atoms with Gasteiger partial charge in [0, 0.05) is 12.8 Å². The zero-order valence-corrected chi connectivity index (χ0v) is 54.3. The predicted molar refractivity (Wildman–Crippen MR) is 342 cm³/mol. The van der Waals surface area contributed by atoms with Crippen LogP contribution in [-0.2, 0) is 27.9 Å². The number of rotatable bonds is 63. The minimum atomic E-state index is -4.45. The number of hydrogen-bond acceptors (Lipinski definition) is 6. The van der Waals surface area contributed by atoms with Crippen LogP contribution in [0.3, 0.4) is 0 Å². The number of ether oxygens (including phenoxy) is 1. The van der Waals surface area contributed by atoms with Gasteiger partial charge < -0.3 is 19.4 Å². The van der Waals surface area contributed by atoms with Crippen LogP contribution in [0.5, 0.6) is 0 Å². The molecule has 0 saturated carbocycles. The van der Waals surface area contributed by atoms with Crippen molar-refractivity contribution in [2.75, 3.05) is 40.9 Å². The zero-order valence-electron chi connectivity index (χ0n) is 53.4. The molecule has 0 aromatic carbocycles. The molecule has 79 heavy (non-hydrogen) atoms. The van der Waals surface area contributed by atoms with Crippen molar-refractivity contribution in [1.29, 1.82) is 0 Å². The van der Waals surface area contributed by atoms with Crippen molar-refractivity contribution >= 4 is 19.7 Å². The highest BCUT2D eigenvalue weighted by Crippen LogP contribution is 2.43. The number of quaternary nitrogens is 1. The van der Waals surface area contributed by atoms with E-state index in [9.17, 15) is 19.0 Å². The summed E-state index contributed by atoms with van der Waals surface area (Å²) in [4.78, 5) is 37.8. The highest BCUT2D eigenvalue weighted by Gasteiger charge is 2.30. The van der Waals surface area contributed by atoms with Crippen LogP contribution in [0.2, 0.25) is 0 Å². The van der Waals surface area contributed by atoms with Gasteiger partial charge in [-0.2, -0.15) is 0 Å². The molecular weight excluding hydrogens is 1000 g/mol. The third-order valence-electron chi connectivity index (χ3n) is 15.6. The summed E-state index contributed by atoms with van der Waals surface area (Å²) in [7, 11) is 1.51.